The summed E-state index contributed by atoms with van der Waals surface area (Å²) in [4.78, 5) is 102. The van der Waals surface area contributed by atoms with Crippen LogP contribution in [0.25, 0.3) is 43.1 Å². The van der Waals surface area contributed by atoms with Crippen LogP contribution in [0.5, 0.6) is 0 Å². The van der Waals surface area contributed by atoms with Gasteiger partial charge in [-0.15, -0.1) is 0 Å². The van der Waals surface area contributed by atoms with Gasteiger partial charge in [-0.2, -0.15) is 0 Å². The topological polar surface area (TPSA) is 210 Å². The van der Waals surface area contributed by atoms with Crippen LogP contribution >= 0.6 is 47.8 Å². The van der Waals surface area contributed by atoms with Crippen molar-refractivity contribution in [2.24, 2.45) is 130 Å². The molecule has 22 rings (SSSR count). The van der Waals surface area contributed by atoms with Crippen LogP contribution in [0.2, 0.25) is 0 Å². The lowest BCUT2D eigenvalue weighted by molar-refractivity contribution is -0.195. The summed E-state index contributed by atoms with van der Waals surface area (Å²) >= 11 is 10.5. The van der Waals surface area contributed by atoms with Gasteiger partial charge in [0.25, 0.3) is 0 Å². The van der Waals surface area contributed by atoms with Gasteiger partial charge in [0.1, 0.15) is 48.3 Å². The molecule has 0 saturated heterocycles. The Morgan fingerprint density at radius 2 is 0.669 bits per heavy atom. The molecule has 0 radical (unpaired) electrons. The van der Waals surface area contributed by atoms with Gasteiger partial charge in [0, 0.05) is 13.4 Å². The molecular weight excluding hydrogens is 1830 g/mol. The standard InChI is InChI=1S/C38H38O4.C25H32Br2O4.C24H31BrO4.C24H32O4/c1-5-22(2)36(39)41-35-21-31-18-32(35)20-34(31)37(40)42-38(3,4)33-11-10-25-14-28-15-26-12-23-8-6-7-9-24(23)13-27(26)16-29(28)17-30(25)19-33;1-5-25(3,4)24(29)31-22-17-6-15-7-18(22)9-16(8-17)21(15)23(28)30-13(2)14-10-19(26)12-20(27)11-14;1-4-13(2)23(26)29-22-18-9-16-10-19(22)12-17(11-18)21(16)24(27)28-14(3)15-5-7-20(25)8-6-15;1-4-14(2)23(25)28-22-19-10-17-11-20(22)13-18(12-19)21(17)24(26)27-15(3)16-8-6-5-7-9-16/h6-17,19,22,31-32,34-35H,5,18,20-21H2,1-4H3;10-13,15-18,21-22H,5-9H2,1-4H3;5-8,13-14,16-19,21-22H,4,9-12H2,1-3H3;5-9,14-15,17-22H,4,10-13H2,1-3H3. The Balaban J connectivity index is 0.000000129. The Labute approximate surface area is 793 Å². The third-order valence-electron chi connectivity index (χ3n) is 33.0. The van der Waals surface area contributed by atoms with Gasteiger partial charge in [-0.3, -0.25) is 38.4 Å². The molecular formula is C111H133Br3O16. The highest BCUT2D eigenvalue weighted by atomic mass is 79.9. The number of halogens is 3. The Bertz CT molecular complexity index is 5380. The van der Waals surface area contributed by atoms with E-state index in [0.717, 1.165) is 163 Å². The molecule has 0 amide bonds. The molecule has 0 spiro atoms. The van der Waals surface area contributed by atoms with E-state index in [1.165, 1.54) is 37.7 Å². The first-order valence-corrected chi connectivity index (χ1v) is 51.2. The number of carbonyl (C=O) groups excluding carboxylic acids is 8. The lowest BCUT2D eigenvalue weighted by atomic mass is 9.50. The summed E-state index contributed by atoms with van der Waals surface area (Å²) < 4.78 is 50.7. The van der Waals surface area contributed by atoms with Crippen molar-refractivity contribution in [3.8, 4) is 0 Å². The van der Waals surface area contributed by atoms with Gasteiger partial charge < -0.3 is 37.9 Å². The van der Waals surface area contributed by atoms with Crippen LogP contribution < -0.4 is 0 Å². The first-order valence-electron chi connectivity index (χ1n) is 48.9. The Kier molecular flexibility index (Phi) is 29.2. The summed E-state index contributed by atoms with van der Waals surface area (Å²) in [5, 5.41) is 9.68. The third kappa shape index (κ3) is 20.5. The average molecular weight is 1960 g/mol. The zero-order valence-corrected chi connectivity index (χ0v) is 83.0. The van der Waals surface area contributed by atoms with Gasteiger partial charge in [-0.05, 0) is 391 Å². The molecule has 130 heavy (non-hydrogen) atoms. The number of hydrogen-bond acceptors (Lipinski definition) is 16. The molecule has 14 fully saturated rings. The molecule has 694 valence electrons. The minimum atomic E-state index is -0.757. The maximum atomic E-state index is 13.4. The summed E-state index contributed by atoms with van der Waals surface area (Å²) in [6, 6.07) is 52.3. The predicted molar refractivity (Wildman–Crippen MR) is 516 cm³/mol. The van der Waals surface area contributed by atoms with Crippen LogP contribution in [0.4, 0.5) is 0 Å². The highest BCUT2D eigenvalue weighted by Gasteiger charge is 2.61. The molecule has 10 atom stereocenters. The van der Waals surface area contributed by atoms with E-state index < -0.39 is 11.0 Å². The molecule has 0 aliphatic heterocycles. The summed E-state index contributed by atoms with van der Waals surface area (Å²) in [7, 11) is 0. The maximum absolute atomic E-state index is 13.4. The molecule has 0 heterocycles. The van der Waals surface area contributed by atoms with Crippen LogP contribution in [-0.4, -0.2) is 72.2 Å². The van der Waals surface area contributed by atoms with Crippen LogP contribution in [-0.2, 0) is 81.9 Å². The second-order valence-corrected chi connectivity index (χ2v) is 44.9. The highest BCUT2D eigenvalue weighted by Crippen LogP contribution is 2.62. The van der Waals surface area contributed by atoms with Crippen molar-refractivity contribution in [3.63, 3.8) is 0 Å². The third-order valence-corrected chi connectivity index (χ3v) is 34.5. The van der Waals surface area contributed by atoms with Gasteiger partial charge in [0.2, 0.25) is 0 Å². The van der Waals surface area contributed by atoms with E-state index in [1.807, 2.05) is 170 Å². The second kappa shape index (κ2) is 39.9. The maximum Gasteiger partial charge on any atom is 0.311 e. The van der Waals surface area contributed by atoms with Gasteiger partial charge in [0.15, 0.2) is 0 Å². The molecule has 0 N–H and O–H groups in total. The molecule has 16 nitrogen and oxygen atoms in total. The molecule has 14 bridgehead atoms. The zero-order chi connectivity index (χ0) is 92.2. The monoisotopic (exact) mass is 1960 g/mol. The summed E-state index contributed by atoms with van der Waals surface area (Å²) in [5.74, 6) is 4.37. The molecule has 10 unspecified atom stereocenters. The Hall–Kier alpha value is -8.00. The van der Waals surface area contributed by atoms with Crippen molar-refractivity contribution in [2.75, 3.05) is 0 Å². The van der Waals surface area contributed by atoms with Crippen molar-refractivity contribution in [2.45, 2.75) is 267 Å². The number of esters is 8. The van der Waals surface area contributed by atoms with E-state index in [4.69, 9.17) is 37.9 Å². The van der Waals surface area contributed by atoms with Gasteiger partial charge in [-0.25, -0.2) is 0 Å². The molecule has 14 aliphatic carbocycles. The molecule has 14 aliphatic rings. The lowest BCUT2D eigenvalue weighted by Crippen LogP contribution is -2.56. The van der Waals surface area contributed by atoms with E-state index >= 15 is 0 Å². The number of fused-ring (bicyclic) bond motifs is 6. The molecule has 14 saturated carbocycles. The van der Waals surface area contributed by atoms with Crippen LogP contribution in [0, 0.1) is 130 Å². The zero-order valence-electron chi connectivity index (χ0n) is 78.2. The SMILES string of the molecule is CCC(C)(C)C(=O)OC1C2CC3CC1CC(C2)C3C(=O)OC(C)c1cc(Br)cc(Br)c1.CCC(C)C(=O)OC1C2CC3CC1CC(C2)C3C(=O)OC(C)c1ccc(Br)cc1.CCC(C)C(=O)OC1C2CC3CC1CC(C2)C3C(=O)OC(C)c1ccccc1.CCC(C)C(=O)OC1CC2CC1CC2C(=O)OC(C)(C)c1ccc2cc3cc4cc5ccccc5cc4cc3cc2c1. The van der Waals surface area contributed by atoms with Crippen molar-refractivity contribution in [3.05, 3.63) is 187 Å². The van der Waals surface area contributed by atoms with E-state index in [2.05, 4.69) is 127 Å². The van der Waals surface area contributed by atoms with Gasteiger partial charge in [0.05, 0.1) is 46.8 Å². The normalized spacial score (nSPS) is 30.4. The quantitative estimate of drug-likeness (QED) is 0.0313. The minimum absolute atomic E-state index is 0.00613. The van der Waals surface area contributed by atoms with Crippen molar-refractivity contribution in [1.82, 2.24) is 0 Å². The van der Waals surface area contributed by atoms with Gasteiger partial charge >= 0.3 is 47.8 Å². The Morgan fingerprint density at radius 1 is 0.323 bits per heavy atom. The van der Waals surface area contributed by atoms with E-state index in [9.17, 15) is 38.4 Å². The number of benzene rings is 8. The number of hydrogen-bond donors (Lipinski definition) is 0. The first kappa shape index (κ1) is 95.2. The minimum Gasteiger partial charge on any atom is -0.462 e. The van der Waals surface area contributed by atoms with Crippen molar-refractivity contribution < 1.29 is 76.3 Å². The molecule has 8 aromatic rings. The number of ether oxygens (including phenoxy) is 8. The summed E-state index contributed by atoms with van der Waals surface area (Å²) in [6.45, 7) is 27.6. The Morgan fingerprint density at radius 3 is 1.05 bits per heavy atom. The highest BCUT2D eigenvalue weighted by molar-refractivity contribution is 9.11. The fraction of sp³-hybridized carbons (Fsp3) is 0.568. The van der Waals surface area contributed by atoms with E-state index in [1.54, 1.807) is 0 Å². The van der Waals surface area contributed by atoms with Crippen LogP contribution in [0.1, 0.15) is 259 Å². The summed E-state index contributed by atoms with van der Waals surface area (Å²) in [6.07, 6.45) is 16.8. The number of rotatable bonds is 24. The predicted octanol–water partition coefficient (Wildman–Crippen LogP) is 26.6. The molecule has 19 heteroatoms. The fourth-order valence-electron chi connectivity index (χ4n) is 25.0. The van der Waals surface area contributed by atoms with E-state index in [-0.39, 0.29) is 144 Å². The molecule has 0 aromatic heterocycles. The smallest absolute Gasteiger partial charge is 0.311 e. The lowest BCUT2D eigenvalue weighted by Gasteiger charge is -2.56. The average Bonchev–Trinajstić information content (AvgIpc) is 1.70. The fourth-order valence-corrected chi connectivity index (χ4v) is 26.6. The van der Waals surface area contributed by atoms with Crippen molar-refractivity contribution in [1.29, 1.82) is 0 Å². The summed E-state index contributed by atoms with van der Waals surface area (Å²) in [5.41, 5.74) is 2.83. The second-order valence-electron chi connectivity index (χ2n) is 42.2. The van der Waals surface area contributed by atoms with E-state index in [0.29, 0.717) is 71.0 Å². The first-order chi connectivity index (χ1) is 62.1. The van der Waals surface area contributed by atoms with Crippen LogP contribution in [0.3, 0.4) is 0 Å². The van der Waals surface area contributed by atoms with Crippen molar-refractivity contribution >= 4 is 139 Å². The number of carbonyl (C=O) groups is 8. The van der Waals surface area contributed by atoms with Crippen LogP contribution in [0.15, 0.2) is 165 Å². The molecule has 8 aromatic carbocycles. The largest absolute Gasteiger partial charge is 0.462 e. The van der Waals surface area contributed by atoms with Gasteiger partial charge in [-0.1, -0.05) is 175 Å².